The van der Waals surface area contributed by atoms with E-state index in [-0.39, 0.29) is 12.6 Å². The molecule has 0 aromatic rings. The lowest BCUT2D eigenvalue weighted by molar-refractivity contribution is -0.0503. The Labute approximate surface area is 101 Å². The SMILES string of the molecule is CC(C)(C)OC(=O)N1C2COCC1C(C)(F)C2. The summed E-state index contributed by atoms with van der Waals surface area (Å²) in [6.07, 6.45) is -0.103. The summed E-state index contributed by atoms with van der Waals surface area (Å²) >= 11 is 0. The van der Waals surface area contributed by atoms with Crippen molar-refractivity contribution in [3.8, 4) is 0 Å². The zero-order chi connectivity index (χ0) is 12.8. The van der Waals surface area contributed by atoms with Gasteiger partial charge in [0.1, 0.15) is 11.3 Å². The standard InChI is InChI=1S/C12H20FNO3/c1-11(2,3)17-10(15)14-8-5-12(4,13)9(14)7-16-6-8/h8-9H,5-7H2,1-4H3. The van der Waals surface area contributed by atoms with Crippen LogP contribution in [0.3, 0.4) is 0 Å². The van der Waals surface area contributed by atoms with Gasteiger partial charge in [-0.3, -0.25) is 4.90 Å². The lowest BCUT2D eigenvalue weighted by Crippen LogP contribution is -2.53. The molecule has 4 nitrogen and oxygen atoms in total. The molecule has 3 unspecified atom stereocenters. The topological polar surface area (TPSA) is 38.8 Å². The molecular weight excluding hydrogens is 225 g/mol. The van der Waals surface area contributed by atoms with Crippen LogP contribution < -0.4 is 0 Å². The largest absolute Gasteiger partial charge is 0.444 e. The van der Waals surface area contributed by atoms with Gasteiger partial charge in [0, 0.05) is 6.42 Å². The van der Waals surface area contributed by atoms with E-state index >= 15 is 0 Å². The van der Waals surface area contributed by atoms with Crippen LogP contribution >= 0.6 is 0 Å². The summed E-state index contributed by atoms with van der Waals surface area (Å²) in [6, 6.07) is -0.713. The van der Waals surface area contributed by atoms with Crippen LogP contribution in [0.4, 0.5) is 9.18 Å². The van der Waals surface area contributed by atoms with E-state index < -0.39 is 23.4 Å². The molecule has 2 aliphatic rings. The Morgan fingerprint density at radius 3 is 2.65 bits per heavy atom. The van der Waals surface area contributed by atoms with Crippen LogP contribution in [-0.2, 0) is 9.47 Å². The van der Waals surface area contributed by atoms with Crippen molar-refractivity contribution >= 4 is 6.09 Å². The second kappa shape index (κ2) is 3.83. The average molecular weight is 245 g/mol. The maximum atomic E-state index is 14.3. The summed E-state index contributed by atoms with van der Waals surface area (Å²) in [5, 5.41) is 0. The van der Waals surface area contributed by atoms with Crippen LogP contribution in [0.1, 0.15) is 34.1 Å². The number of ether oxygens (including phenoxy) is 2. The number of rotatable bonds is 0. The molecule has 0 N–H and O–H groups in total. The fourth-order valence-corrected chi connectivity index (χ4v) is 2.54. The second-order valence-corrected chi connectivity index (χ2v) is 6.08. The van der Waals surface area contributed by atoms with E-state index in [9.17, 15) is 9.18 Å². The van der Waals surface area contributed by atoms with Crippen LogP contribution in [0.25, 0.3) is 0 Å². The van der Waals surface area contributed by atoms with Gasteiger partial charge in [0.25, 0.3) is 0 Å². The third-order valence-corrected chi connectivity index (χ3v) is 3.25. The third kappa shape index (κ3) is 2.39. The molecule has 2 bridgehead atoms. The molecule has 5 heteroatoms. The van der Waals surface area contributed by atoms with Gasteiger partial charge in [0.05, 0.1) is 25.3 Å². The van der Waals surface area contributed by atoms with Crippen molar-refractivity contribution in [1.29, 1.82) is 0 Å². The monoisotopic (exact) mass is 245 g/mol. The molecule has 0 radical (unpaired) electrons. The van der Waals surface area contributed by atoms with Gasteiger partial charge < -0.3 is 9.47 Å². The molecule has 0 spiro atoms. The highest BCUT2D eigenvalue weighted by molar-refractivity contribution is 5.70. The first-order valence-corrected chi connectivity index (χ1v) is 5.99. The number of hydrogen-bond acceptors (Lipinski definition) is 3. The van der Waals surface area contributed by atoms with Crippen LogP contribution in [0.2, 0.25) is 0 Å². The Morgan fingerprint density at radius 2 is 2.12 bits per heavy atom. The van der Waals surface area contributed by atoms with Crippen molar-refractivity contribution in [1.82, 2.24) is 4.90 Å². The van der Waals surface area contributed by atoms with Crippen molar-refractivity contribution in [2.75, 3.05) is 13.2 Å². The number of amides is 1. The molecule has 2 aliphatic heterocycles. The first-order valence-electron chi connectivity index (χ1n) is 5.99. The minimum atomic E-state index is -1.38. The quantitative estimate of drug-likeness (QED) is 0.656. The molecule has 2 rings (SSSR count). The Kier molecular flexibility index (Phi) is 2.84. The van der Waals surface area contributed by atoms with Crippen LogP contribution in [0.15, 0.2) is 0 Å². The van der Waals surface area contributed by atoms with E-state index in [1.54, 1.807) is 0 Å². The molecule has 1 amide bonds. The highest BCUT2D eigenvalue weighted by Crippen LogP contribution is 2.40. The molecule has 3 atom stereocenters. The number of halogens is 1. The first-order chi connectivity index (χ1) is 7.71. The molecule has 98 valence electrons. The number of fused-ring (bicyclic) bond motifs is 2. The van der Waals surface area contributed by atoms with Crippen LogP contribution in [0, 0.1) is 0 Å². The van der Waals surface area contributed by atoms with E-state index in [0.29, 0.717) is 13.0 Å². The summed E-state index contributed by atoms with van der Waals surface area (Å²) in [7, 11) is 0. The molecule has 0 aromatic carbocycles. The van der Waals surface area contributed by atoms with E-state index in [0.717, 1.165) is 0 Å². The number of carbonyl (C=O) groups excluding carboxylic acids is 1. The maximum Gasteiger partial charge on any atom is 0.411 e. The highest BCUT2D eigenvalue weighted by atomic mass is 19.1. The van der Waals surface area contributed by atoms with Gasteiger partial charge in [0.15, 0.2) is 0 Å². The number of carbonyl (C=O) groups is 1. The zero-order valence-corrected chi connectivity index (χ0v) is 10.8. The van der Waals surface area contributed by atoms with E-state index in [2.05, 4.69) is 0 Å². The van der Waals surface area contributed by atoms with Crippen LogP contribution in [-0.4, -0.2) is 47.6 Å². The second-order valence-electron chi connectivity index (χ2n) is 6.08. The molecular formula is C12H20FNO3. The maximum absolute atomic E-state index is 14.3. The van der Waals surface area contributed by atoms with E-state index in [1.807, 2.05) is 20.8 Å². The normalized spacial score (nSPS) is 37.1. The van der Waals surface area contributed by atoms with Gasteiger partial charge in [0.2, 0.25) is 0 Å². The number of alkyl halides is 1. The fourth-order valence-electron chi connectivity index (χ4n) is 2.54. The molecule has 17 heavy (non-hydrogen) atoms. The van der Waals surface area contributed by atoms with Gasteiger partial charge in [-0.2, -0.15) is 0 Å². The Hall–Kier alpha value is -0.840. The first kappa shape index (κ1) is 12.6. The minimum absolute atomic E-state index is 0.196. The van der Waals surface area contributed by atoms with Gasteiger partial charge in [-0.25, -0.2) is 9.18 Å². The van der Waals surface area contributed by atoms with Crippen molar-refractivity contribution in [2.45, 2.75) is 57.5 Å². The molecule has 2 fully saturated rings. The zero-order valence-electron chi connectivity index (χ0n) is 10.8. The molecule has 0 saturated carbocycles. The number of nitrogens with zero attached hydrogens (tertiary/aromatic N) is 1. The predicted octanol–water partition coefficient (Wildman–Crippen LogP) is 2.12. The highest BCUT2D eigenvalue weighted by Gasteiger charge is 2.55. The van der Waals surface area contributed by atoms with Crippen molar-refractivity contribution in [3.63, 3.8) is 0 Å². The summed E-state index contributed by atoms with van der Waals surface area (Å²) in [6.45, 7) is 7.60. The minimum Gasteiger partial charge on any atom is -0.444 e. The third-order valence-electron chi connectivity index (χ3n) is 3.25. The average Bonchev–Trinajstić information content (AvgIpc) is 2.27. The van der Waals surface area contributed by atoms with Gasteiger partial charge in [-0.15, -0.1) is 0 Å². The summed E-state index contributed by atoms with van der Waals surface area (Å²) in [4.78, 5) is 13.6. The summed E-state index contributed by atoms with van der Waals surface area (Å²) < 4.78 is 24.9. The molecule has 0 aliphatic carbocycles. The molecule has 2 saturated heterocycles. The summed E-state index contributed by atoms with van der Waals surface area (Å²) in [5.41, 5.74) is -1.93. The lowest BCUT2D eigenvalue weighted by atomic mass is 9.99. The Balaban J connectivity index is 2.14. The Morgan fingerprint density at radius 1 is 1.47 bits per heavy atom. The molecule has 2 heterocycles. The van der Waals surface area contributed by atoms with Crippen molar-refractivity contribution < 1.29 is 18.7 Å². The number of hydrogen-bond donors (Lipinski definition) is 0. The van der Waals surface area contributed by atoms with Gasteiger partial charge in [-0.1, -0.05) is 0 Å². The van der Waals surface area contributed by atoms with Crippen molar-refractivity contribution in [3.05, 3.63) is 0 Å². The van der Waals surface area contributed by atoms with Crippen molar-refractivity contribution in [2.24, 2.45) is 0 Å². The summed E-state index contributed by atoms with van der Waals surface area (Å²) in [5.74, 6) is 0. The van der Waals surface area contributed by atoms with Gasteiger partial charge >= 0.3 is 6.09 Å². The molecule has 0 aromatic heterocycles. The smallest absolute Gasteiger partial charge is 0.411 e. The van der Waals surface area contributed by atoms with E-state index in [4.69, 9.17) is 9.47 Å². The van der Waals surface area contributed by atoms with Crippen LogP contribution in [0.5, 0.6) is 0 Å². The fraction of sp³-hybridized carbons (Fsp3) is 0.917. The van der Waals surface area contributed by atoms with E-state index in [1.165, 1.54) is 11.8 Å². The Bertz CT molecular complexity index is 324. The number of morpholine rings is 1. The predicted molar refractivity (Wildman–Crippen MR) is 60.6 cm³/mol. The van der Waals surface area contributed by atoms with Gasteiger partial charge in [-0.05, 0) is 27.7 Å². The lowest BCUT2D eigenvalue weighted by Gasteiger charge is -2.36.